The number of hydrogen-bond acceptors (Lipinski definition) is 7. The molecule has 10 heteroatoms. The van der Waals surface area contributed by atoms with Gasteiger partial charge in [0, 0.05) is 30.2 Å². The topological polar surface area (TPSA) is 103 Å². The lowest BCUT2D eigenvalue weighted by Gasteiger charge is -2.14. The molecule has 0 saturated carbocycles. The average molecular weight is 489 g/mol. The number of methoxy groups -OCH3 is 1. The fraction of sp³-hybridized carbons (Fsp3) is 0.250. The van der Waals surface area contributed by atoms with Gasteiger partial charge in [0.2, 0.25) is 5.75 Å². The molecule has 0 unspecified atom stereocenters. The molecule has 0 aliphatic heterocycles. The molecule has 1 heterocycles. The Labute approximate surface area is 198 Å². The number of carboxylic acid groups (broad SMARTS) is 1. The number of hydrogen-bond donors (Lipinski definition) is 1. The van der Waals surface area contributed by atoms with Crippen molar-refractivity contribution in [2.45, 2.75) is 32.1 Å². The van der Waals surface area contributed by atoms with Crippen LogP contribution in [-0.4, -0.2) is 34.7 Å². The minimum Gasteiger partial charge on any atom is -0.493 e. The highest BCUT2D eigenvalue weighted by atomic mass is 32.1. The largest absolute Gasteiger partial charge is 0.493 e. The van der Waals surface area contributed by atoms with Crippen LogP contribution in [0.4, 0.5) is 8.78 Å². The summed E-state index contributed by atoms with van der Waals surface area (Å²) in [5, 5.41) is 10.8. The molecular weight excluding hydrogens is 468 g/mol. The van der Waals surface area contributed by atoms with Gasteiger partial charge >= 0.3 is 5.97 Å². The van der Waals surface area contributed by atoms with Crippen molar-refractivity contribution in [2.24, 2.45) is 0 Å². The highest BCUT2D eigenvalue weighted by molar-refractivity contribution is 7.09. The predicted molar refractivity (Wildman–Crippen MR) is 120 cm³/mol. The lowest BCUT2D eigenvalue weighted by atomic mass is 10.1. The number of aromatic nitrogens is 1. The number of ketones is 2. The molecule has 0 aliphatic carbocycles. The number of halogens is 2. The van der Waals surface area contributed by atoms with Crippen LogP contribution in [0.3, 0.4) is 0 Å². The first-order valence-corrected chi connectivity index (χ1v) is 11.1. The summed E-state index contributed by atoms with van der Waals surface area (Å²) in [4.78, 5) is 39.3. The third-order valence-corrected chi connectivity index (χ3v) is 5.61. The van der Waals surface area contributed by atoms with E-state index in [-0.39, 0.29) is 66.5 Å². The zero-order valence-electron chi connectivity index (χ0n) is 18.2. The molecule has 1 N–H and O–H groups in total. The smallest absolute Gasteiger partial charge is 0.303 e. The Morgan fingerprint density at radius 1 is 1.00 bits per heavy atom. The Bertz CT molecular complexity index is 1210. The number of aliphatic carboxylic acids is 1. The molecule has 0 radical (unpaired) electrons. The molecule has 0 fully saturated rings. The molecule has 0 amide bonds. The van der Waals surface area contributed by atoms with E-state index in [1.54, 1.807) is 5.38 Å². The maximum atomic E-state index is 14.3. The van der Waals surface area contributed by atoms with Crippen molar-refractivity contribution in [1.82, 2.24) is 4.98 Å². The molecule has 0 bridgehead atoms. The van der Waals surface area contributed by atoms with Crippen LogP contribution in [0.25, 0.3) is 0 Å². The minimum atomic E-state index is -1.05. The molecule has 1 aromatic heterocycles. The van der Waals surface area contributed by atoms with Gasteiger partial charge in [-0.2, -0.15) is 0 Å². The normalized spacial score (nSPS) is 10.7. The standard InChI is InChI=1S/C24H21F2NO6S/c1-32-21-4-2-3-19(26)24(21)33-20-7-5-15(25)9-14(20)10-18(29)12-22-27-16(13-34-22)11-17(28)6-8-23(30)31/h2-5,7,9,13H,6,8,10-12H2,1H3,(H,30,31). The van der Waals surface area contributed by atoms with Crippen LogP contribution in [0.1, 0.15) is 29.1 Å². The highest BCUT2D eigenvalue weighted by Crippen LogP contribution is 2.35. The zero-order chi connectivity index (χ0) is 24.7. The third-order valence-electron chi connectivity index (χ3n) is 4.72. The first kappa shape index (κ1) is 25.0. The number of benzene rings is 2. The van der Waals surface area contributed by atoms with E-state index in [9.17, 15) is 23.2 Å². The Morgan fingerprint density at radius 3 is 2.53 bits per heavy atom. The maximum absolute atomic E-state index is 14.3. The lowest BCUT2D eigenvalue weighted by Crippen LogP contribution is -2.09. The summed E-state index contributed by atoms with van der Waals surface area (Å²) in [5.74, 6) is -2.75. The Hall–Kier alpha value is -3.66. The van der Waals surface area contributed by atoms with Crippen molar-refractivity contribution >= 4 is 28.9 Å². The minimum absolute atomic E-state index is 0.00960. The molecule has 0 saturated heterocycles. The highest BCUT2D eigenvalue weighted by Gasteiger charge is 2.18. The van der Waals surface area contributed by atoms with Gasteiger partial charge in [-0.3, -0.25) is 14.4 Å². The van der Waals surface area contributed by atoms with Crippen LogP contribution in [0.2, 0.25) is 0 Å². The van der Waals surface area contributed by atoms with Crippen molar-refractivity contribution in [3.8, 4) is 17.2 Å². The van der Waals surface area contributed by atoms with Gasteiger partial charge < -0.3 is 14.6 Å². The molecule has 178 valence electrons. The molecule has 34 heavy (non-hydrogen) atoms. The average Bonchev–Trinajstić information content (AvgIpc) is 3.21. The van der Waals surface area contributed by atoms with Gasteiger partial charge in [0.05, 0.1) is 25.6 Å². The Morgan fingerprint density at radius 2 is 1.79 bits per heavy atom. The number of carbonyl (C=O) groups is 3. The number of Topliss-reactive ketones (excluding diaryl/α,β-unsaturated/α-hetero) is 2. The van der Waals surface area contributed by atoms with E-state index in [0.717, 1.165) is 12.1 Å². The summed E-state index contributed by atoms with van der Waals surface area (Å²) in [6.07, 6.45) is -0.574. The number of carboxylic acids is 1. The quantitative estimate of drug-likeness (QED) is 0.398. The monoisotopic (exact) mass is 489 g/mol. The van der Waals surface area contributed by atoms with Gasteiger partial charge in [0.25, 0.3) is 0 Å². The van der Waals surface area contributed by atoms with E-state index < -0.39 is 17.6 Å². The number of ether oxygens (including phenoxy) is 2. The van der Waals surface area contributed by atoms with E-state index in [1.165, 1.54) is 42.7 Å². The molecule has 3 aromatic rings. The molecule has 0 spiro atoms. The molecule has 3 rings (SSSR count). The summed E-state index contributed by atoms with van der Waals surface area (Å²) in [5.41, 5.74) is 0.695. The second-order valence-electron chi connectivity index (χ2n) is 7.36. The van der Waals surface area contributed by atoms with Crippen molar-refractivity contribution in [3.63, 3.8) is 0 Å². The number of thiazole rings is 1. The number of para-hydroxylation sites is 1. The summed E-state index contributed by atoms with van der Waals surface area (Å²) >= 11 is 1.20. The van der Waals surface area contributed by atoms with Gasteiger partial charge in [-0.1, -0.05) is 6.07 Å². The van der Waals surface area contributed by atoms with Crippen LogP contribution in [0.15, 0.2) is 41.8 Å². The van der Waals surface area contributed by atoms with Gasteiger partial charge in [0.15, 0.2) is 11.6 Å². The van der Waals surface area contributed by atoms with Crippen molar-refractivity contribution in [3.05, 3.63) is 69.7 Å². The summed E-state index contributed by atoms with van der Waals surface area (Å²) < 4.78 is 38.9. The predicted octanol–water partition coefficient (Wildman–Crippen LogP) is 4.55. The molecule has 7 nitrogen and oxygen atoms in total. The van der Waals surface area contributed by atoms with E-state index in [0.29, 0.717) is 10.7 Å². The van der Waals surface area contributed by atoms with E-state index >= 15 is 0 Å². The van der Waals surface area contributed by atoms with Gasteiger partial charge in [0.1, 0.15) is 28.1 Å². The molecule has 0 aliphatic rings. The van der Waals surface area contributed by atoms with E-state index in [4.69, 9.17) is 14.6 Å². The fourth-order valence-electron chi connectivity index (χ4n) is 3.14. The van der Waals surface area contributed by atoms with Crippen molar-refractivity contribution in [1.29, 1.82) is 0 Å². The zero-order valence-corrected chi connectivity index (χ0v) is 19.0. The van der Waals surface area contributed by atoms with Crippen LogP contribution < -0.4 is 9.47 Å². The first-order chi connectivity index (χ1) is 16.2. The van der Waals surface area contributed by atoms with Crippen LogP contribution in [0.5, 0.6) is 17.2 Å². The summed E-state index contributed by atoms with van der Waals surface area (Å²) in [7, 11) is 1.36. The summed E-state index contributed by atoms with van der Waals surface area (Å²) in [6.45, 7) is 0. The van der Waals surface area contributed by atoms with E-state index in [2.05, 4.69) is 4.98 Å². The van der Waals surface area contributed by atoms with Crippen LogP contribution >= 0.6 is 11.3 Å². The van der Waals surface area contributed by atoms with Crippen LogP contribution in [-0.2, 0) is 33.6 Å². The molecule has 0 atom stereocenters. The lowest BCUT2D eigenvalue weighted by molar-refractivity contribution is -0.138. The van der Waals surface area contributed by atoms with Gasteiger partial charge in [-0.25, -0.2) is 13.8 Å². The Balaban J connectivity index is 1.68. The second kappa shape index (κ2) is 11.5. The fourth-order valence-corrected chi connectivity index (χ4v) is 3.96. The second-order valence-corrected chi connectivity index (χ2v) is 8.30. The van der Waals surface area contributed by atoms with Gasteiger partial charge in [-0.15, -0.1) is 11.3 Å². The van der Waals surface area contributed by atoms with Gasteiger partial charge in [-0.05, 0) is 30.3 Å². The number of rotatable bonds is 12. The number of carbonyl (C=O) groups excluding carboxylic acids is 2. The summed E-state index contributed by atoms with van der Waals surface area (Å²) in [6, 6.07) is 7.77. The molecular formula is C24H21F2NO6S. The molecule has 2 aromatic carbocycles. The van der Waals surface area contributed by atoms with Crippen LogP contribution in [0, 0.1) is 11.6 Å². The first-order valence-electron chi connectivity index (χ1n) is 10.2. The number of nitrogens with zero attached hydrogens (tertiary/aromatic N) is 1. The Kier molecular flexibility index (Phi) is 8.42. The van der Waals surface area contributed by atoms with E-state index in [1.807, 2.05) is 0 Å². The third kappa shape index (κ3) is 6.92. The maximum Gasteiger partial charge on any atom is 0.303 e. The van der Waals surface area contributed by atoms with Crippen molar-refractivity contribution in [2.75, 3.05) is 7.11 Å². The van der Waals surface area contributed by atoms with Crippen molar-refractivity contribution < 1.29 is 37.7 Å². The SMILES string of the molecule is COc1cccc(F)c1Oc1ccc(F)cc1CC(=O)Cc1nc(CC(=O)CCC(=O)O)cs1.